The molecule has 0 bridgehead atoms. The molecule has 0 heterocycles. The average Bonchev–Trinajstić information content (AvgIpc) is 2.37. The van der Waals surface area contributed by atoms with Crippen molar-refractivity contribution in [2.24, 2.45) is 0 Å². The van der Waals surface area contributed by atoms with Crippen molar-refractivity contribution in [3.63, 3.8) is 0 Å². The van der Waals surface area contributed by atoms with E-state index in [0.717, 1.165) is 18.4 Å². The largest absolute Gasteiger partial charge is 0.452 e. The van der Waals surface area contributed by atoms with E-state index in [0.29, 0.717) is 6.61 Å². The van der Waals surface area contributed by atoms with Gasteiger partial charge < -0.3 is 4.74 Å². The molecule has 88 valence electrons. The fourth-order valence-corrected chi connectivity index (χ4v) is 1.16. The molecule has 0 saturated heterocycles. The van der Waals surface area contributed by atoms with Gasteiger partial charge in [-0.2, -0.15) is 0 Å². The first kappa shape index (κ1) is 13.1. The summed E-state index contributed by atoms with van der Waals surface area (Å²) in [5.74, 6) is 4.70. The Hall–Kier alpha value is -2.01. The monoisotopic (exact) mass is 228 g/mol. The van der Waals surface area contributed by atoms with Gasteiger partial charge in [-0.1, -0.05) is 49.6 Å². The fraction of sp³-hybridized carbons (Fsp3) is 0.267. The van der Waals surface area contributed by atoms with Crippen LogP contribution in [-0.4, -0.2) is 12.6 Å². The van der Waals surface area contributed by atoms with Gasteiger partial charge in [-0.25, -0.2) is 4.79 Å². The quantitative estimate of drug-likeness (QED) is 0.450. The first-order valence-corrected chi connectivity index (χ1v) is 5.71. The molecule has 2 heteroatoms. The van der Waals surface area contributed by atoms with Crippen molar-refractivity contribution < 1.29 is 9.53 Å². The van der Waals surface area contributed by atoms with Crippen LogP contribution in [0.4, 0.5) is 0 Å². The van der Waals surface area contributed by atoms with Gasteiger partial charge in [0, 0.05) is 11.5 Å². The van der Waals surface area contributed by atoms with Crippen LogP contribution in [0.5, 0.6) is 0 Å². The van der Waals surface area contributed by atoms with Crippen molar-refractivity contribution >= 4 is 5.97 Å². The van der Waals surface area contributed by atoms with Crippen LogP contribution in [0.25, 0.3) is 0 Å². The summed E-state index contributed by atoms with van der Waals surface area (Å²) in [6.07, 6.45) is 5.94. The van der Waals surface area contributed by atoms with Crippen LogP contribution in [0.2, 0.25) is 0 Å². The van der Waals surface area contributed by atoms with Crippen LogP contribution in [0.3, 0.4) is 0 Å². The molecule has 1 aromatic rings. The van der Waals surface area contributed by atoms with Crippen molar-refractivity contribution in [3.05, 3.63) is 48.0 Å². The summed E-state index contributed by atoms with van der Waals surface area (Å²) in [6, 6.07) is 9.36. The van der Waals surface area contributed by atoms with Crippen LogP contribution >= 0.6 is 0 Å². The number of hydrogen-bond donors (Lipinski definition) is 0. The number of allylic oxidation sites excluding steroid dienone is 1. The Morgan fingerprint density at radius 1 is 1.29 bits per heavy atom. The molecule has 17 heavy (non-hydrogen) atoms. The van der Waals surface area contributed by atoms with E-state index in [-0.39, 0.29) is 0 Å². The molecule has 0 aliphatic heterocycles. The third kappa shape index (κ3) is 6.21. The lowest BCUT2D eigenvalue weighted by atomic mass is 10.2. The number of esters is 1. The molecule has 0 spiro atoms. The van der Waals surface area contributed by atoms with Gasteiger partial charge in [-0.15, -0.1) is 0 Å². The first-order chi connectivity index (χ1) is 8.33. The van der Waals surface area contributed by atoms with E-state index in [1.807, 2.05) is 42.5 Å². The van der Waals surface area contributed by atoms with Crippen molar-refractivity contribution in [1.82, 2.24) is 0 Å². The zero-order valence-corrected chi connectivity index (χ0v) is 9.98. The first-order valence-electron chi connectivity index (χ1n) is 5.71. The number of ether oxygens (including phenoxy) is 1. The molecular formula is C15H16O2. The summed E-state index contributed by atoms with van der Waals surface area (Å²) in [5.41, 5.74) is 0.811. The molecule has 1 aromatic carbocycles. The van der Waals surface area contributed by atoms with Gasteiger partial charge in [0.25, 0.3) is 0 Å². The Labute approximate surface area is 102 Å². The number of hydrogen-bond acceptors (Lipinski definition) is 2. The third-order valence-corrected chi connectivity index (χ3v) is 2.02. The van der Waals surface area contributed by atoms with E-state index < -0.39 is 5.97 Å². The topological polar surface area (TPSA) is 26.3 Å². The van der Waals surface area contributed by atoms with E-state index in [1.165, 1.54) is 0 Å². The average molecular weight is 228 g/mol. The Bertz CT molecular complexity index is 421. The molecule has 0 N–H and O–H groups in total. The van der Waals surface area contributed by atoms with Gasteiger partial charge in [-0.05, 0) is 18.6 Å². The number of unbranched alkanes of at least 4 members (excludes halogenated alkanes) is 1. The minimum Gasteiger partial charge on any atom is -0.452 e. The molecule has 2 nitrogen and oxygen atoms in total. The predicted octanol–water partition coefficient (Wildman–Crippen LogP) is 2.94. The van der Waals surface area contributed by atoms with Gasteiger partial charge in [0.15, 0.2) is 0 Å². The zero-order chi connectivity index (χ0) is 12.3. The summed E-state index contributed by atoms with van der Waals surface area (Å²) in [5, 5.41) is 0. The van der Waals surface area contributed by atoms with Crippen molar-refractivity contribution in [1.29, 1.82) is 0 Å². The third-order valence-electron chi connectivity index (χ3n) is 2.02. The normalized spacial score (nSPS) is 9.71. The lowest BCUT2D eigenvalue weighted by Crippen LogP contribution is -2.00. The maximum absolute atomic E-state index is 11.2. The maximum atomic E-state index is 11.2. The lowest BCUT2D eigenvalue weighted by Gasteiger charge is -1.93. The number of carbonyl (C=O) groups excluding carboxylic acids is 1. The SMILES string of the molecule is CCC/C=C/COC(=O)C#Cc1ccccc1. The summed E-state index contributed by atoms with van der Waals surface area (Å²) in [4.78, 5) is 11.2. The minimum atomic E-state index is -0.491. The molecule has 0 saturated carbocycles. The molecule has 0 radical (unpaired) electrons. The number of rotatable bonds is 4. The molecule has 0 aliphatic carbocycles. The Morgan fingerprint density at radius 2 is 2.06 bits per heavy atom. The highest BCUT2D eigenvalue weighted by Gasteiger charge is 1.93. The van der Waals surface area contributed by atoms with Crippen LogP contribution < -0.4 is 0 Å². The van der Waals surface area contributed by atoms with Crippen LogP contribution in [0.1, 0.15) is 25.3 Å². The number of benzene rings is 1. The highest BCUT2D eigenvalue weighted by molar-refractivity contribution is 5.89. The second kappa shape index (κ2) is 8.18. The Kier molecular flexibility index (Phi) is 6.28. The highest BCUT2D eigenvalue weighted by atomic mass is 16.5. The maximum Gasteiger partial charge on any atom is 0.385 e. The molecule has 0 fully saturated rings. The Morgan fingerprint density at radius 3 is 2.76 bits per heavy atom. The van der Waals surface area contributed by atoms with E-state index in [2.05, 4.69) is 18.8 Å². The summed E-state index contributed by atoms with van der Waals surface area (Å²) >= 11 is 0. The lowest BCUT2D eigenvalue weighted by molar-refractivity contribution is -0.135. The van der Waals surface area contributed by atoms with Crippen LogP contribution in [0.15, 0.2) is 42.5 Å². The number of carbonyl (C=O) groups is 1. The fourth-order valence-electron chi connectivity index (χ4n) is 1.16. The van der Waals surface area contributed by atoms with Gasteiger partial charge in [0.2, 0.25) is 0 Å². The van der Waals surface area contributed by atoms with Crippen molar-refractivity contribution in [2.75, 3.05) is 6.61 Å². The van der Waals surface area contributed by atoms with Gasteiger partial charge in [0.1, 0.15) is 6.61 Å². The molecule has 0 unspecified atom stereocenters. The second-order valence-corrected chi connectivity index (χ2v) is 3.47. The Balaban J connectivity index is 2.33. The molecular weight excluding hydrogens is 212 g/mol. The molecule has 0 aliphatic rings. The van der Waals surface area contributed by atoms with Gasteiger partial charge >= 0.3 is 5.97 Å². The molecule has 0 aromatic heterocycles. The van der Waals surface area contributed by atoms with Crippen LogP contribution in [-0.2, 0) is 9.53 Å². The van der Waals surface area contributed by atoms with Gasteiger partial charge in [-0.3, -0.25) is 0 Å². The molecule has 1 rings (SSSR count). The van der Waals surface area contributed by atoms with E-state index in [4.69, 9.17) is 4.74 Å². The van der Waals surface area contributed by atoms with Gasteiger partial charge in [0.05, 0.1) is 0 Å². The summed E-state index contributed by atoms with van der Waals surface area (Å²) in [6.45, 7) is 2.39. The highest BCUT2D eigenvalue weighted by Crippen LogP contribution is 1.94. The molecule has 0 atom stereocenters. The minimum absolute atomic E-state index is 0.294. The van der Waals surface area contributed by atoms with E-state index in [1.54, 1.807) is 0 Å². The predicted molar refractivity (Wildman–Crippen MR) is 68.3 cm³/mol. The van der Waals surface area contributed by atoms with E-state index >= 15 is 0 Å². The molecule has 0 amide bonds. The van der Waals surface area contributed by atoms with Crippen molar-refractivity contribution in [3.8, 4) is 11.8 Å². The summed E-state index contributed by atoms with van der Waals surface area (Å²) in [7, 11) is 0. The van der Waals surface area contributed by atoms with Crippen LogP contribution in [0, 0.1) is 11.8 Å². The second-order valence-electron chi connectivity index (χ2n) is 3.47. The smallest absolute Gasteiger partial charge is 0.385 e. The zero-order valence-electron chi connectivity index (χ0n) is 9.98. The standard InChI is InChI=1S/C15H16O2/c1-2-3-4-8-13-17-15(16)12-11-14-9-6-5-7-10-14/h4-10H,2-3,13H2,1H3/b8-4+. The van der Waals surface area contributed by atoms with Crippen molar-refractivity contribution in [2.45, 2.75) is 19.8 Å². The van der Waals surface area contributed by atoms with E-state index in [9.17, 15) is 4.79 Å². The summed E-state index contributed by atoms with van der Waals surface area (Å²) < 4.78 is 4.91.